The van der Waals surface area contributed by atoms with E-state index in [4.69, 9.17) is 34.8 Å². The maximum Gasteiger partial charge on any atom is 0.173 e. The molecule has 0 N–H and O–H groups in total. The Labute approximate surface area is 62.2 Å². The molecule has 0 amide bonds. The van der Waals surface area contributed by atoms with Crippen molar-refractivity contribution in [1.82, 2.24) is 0 Å². The SMILES string of the molecule is CC(=O)C(Cl)=C(Cl)Cl. The Hall–Kier alpha value is 0.280. The molecule has 4 heteroatoms. The van der Waals surface area contributed by atoms with E-state index in [1.807, 2.05) is 0 Å². The number of rotatable bonds is 1. The molecule has 0 aromatic carbocycles. The van der Waals surface area contributed by atoms with Crippen molar-refractivity contribution >= 4 is 40.6 Å². The second-order valence-electron chi connectivity index (χ2n) is 1.13. The van der Waals surface area contributed by atoms with Crippen LogP contribution in [-0.2, 0) is 4.79 Å². The molecule has 0 radical (unpaired) electrons. The largest absolute Gasteiger partial charge is 0.293 e. The van der Waals surface area contributed by atoms with Crippen LogP contribution in [0.5, 0.6) is 0 Å². The fourth-order valence-electron chi connectivity index (χ4n) is 0.133. The summed E-state index contributed by atoms with van der Waals surface area (Å²) >= 11 is 15.4. The maximum atomic E-state index is 10.2. The van der Waals surface area contributed by atoms with Crippen molar-refractivity contribution in [3.8, 4) is 0 Å². The summed E-state index contributed by atoms with van der Waals surface area (Å²) in [6.07, 6.45) is 0. The Morgan fingerprint density at radius 3 is 1.62 bits per heavy atom. The Kier molecular flexibility index (Phi) is 3.45. The predicted octanol–water partition coefficient (Wildman–Crippen LogP) is 2.46. The summed E-state index contributed by atoms with van der Waals surface area (Å²) in [6.45, 7) is 1.28. The van der Waals surface area contributed by atoms with Crippen molar-refractivity contribution in [2.75, 3.05) is 0 Å². The topological polar surface area (TPSA) is 17.1 Å². The molecule has 0 aromatic rings. The zero-order chi connectivity index (χ0) is 6.73. The van der Waals surface area contributed by atoms with Crippen LogP contribution in [0.1, 0.15) is 6.92 Å². The lowest BCUT2D eigenvalue weighted by molar-refractivity contribution is -0.113. The molecule has 0 saturated heterocycles. The molecule has 0 atom stereocenters. The smallest absolute Gasteiger partial charge is 0.173 e. The van der Waals surface area contributed by atoms with E-state index in [0.717, 1.165) is 0 Å². The average Bonchev–Trinajstić information content (AvgIpc) is 1.64. The number of hydrogen-bond acceptors (Lipinski definition) is 1. The highest BCUT2D eigenvalue weighted by Gasteiger charge is 2.02. The second-order valence-corrected chi connectivity index (χ2v) is 2.46. The van der Waals surface area contributed by atoms with E-state index in [1.165, 1.54) is 6.92 Å². The quantitative estimate of drug-likeness (QED) is 0.557. The summed E-state index contributed by atoms with van der Waals surface area (Å²) < 4.78 is -0.181. The van der Waals surface area contributed by atoms with Crippen LogP contribution in [-0.4, -0.2) is 5.78 Å². The molecule has 0 rings (SSSR count). The molecular formula is C4H3Cl3O. The highest BCUT2D eigenvalue weighted by molar-refractivity contribution is 6.62. The van der Waals surface area contributed by atoms with E-state index in [9.17, 15) is 4.79 Å². The van der Waals surface area contributed by atoms with Crippen molar-refractivity contribution in [2.45, 2.75) is 6.92 Å². The van der Waals surface area contributed by atoms with E-state index in [2.05, 4.69) is 0 Å². The monoisotopic (exact) mass is 172 g/mol. The van der Waals surface area contributed by atoms with Gasteiger partial charge in [-0.05, 0) is 0 Å². The first kappa shape index (κ1) is 8.28. The highest BCUT2D eigenvalue weighted by Crippen LogP contribution is 2.17. The van der Waals surface area contributed by atoms with Crippen LogP contribution in [0.15, 0.2) is 9.52 Å². The van der Waals surface area contributed by atoms with Gasteiger partial charge in [-0.2, -0.15) is 0 Å². The molecule has 0 bridgehead atoms. The molecule has 0 aliphatic heterocycles. The fourth-order valence-corrected chi connectivity index (χ4v) is 0.399. The van der Waals surface area contributed by atoms with Gasteiger partial charge in [0.2, 0.25) is 0 Å². The first-order valence-corrected chi connectivity index (χ1v) is 2.90. The number of halogens is 3. The molecule has 0 fully saturated rings. The van der Waals surface area contributed by atoms with Crippen LogP contribution >= 0.6 is 34.8 Å². The zero-order valence-corrected chi connectivity index (χ0v) is 6.31. The van der Waals surface area contributed by atoms with Gasteiger partial charge in [0.05, 0.1) is 0 Å². The molecule has 0 aromatic heterocycles. The number of allylic oxidation sites excluding steroid dienone is 1. The van der Waals surface area contributed by atoms with Crippen LogP contribution in [0.2, 0.25) is 0 Å². The minimum Gasteiger partial charge on any atom is -0.293 e. The zero-order valence-electron chi connectivity index (χ0n) is 4.04. The number of hydrogen-bond donors (Lipinski definition) is 0. The number of ketones is 1. The lowest BCUT2D eigenvalue weighted by Gasteiger charge is -1.86. The van der Waals surface area contributed by atoms with Crippen LogP contribution in [0.25, 0.3) is 0 Å². The molecule has 0 heterocycles. The van der Waals surface area contributed by atoms with Crippen molar-refractivity contribution in [3.05, 3.63) is 9.52 Å². The average molecular weight is 173 g/mol. The Morgan fingerprint density at radius 1 is 1.25 bits per heavy atom. The third-order valence-corrected chi connectivity index (χ3v) is 1.50. The van der Waals surface area contributed by atoms with Crippen molar-refractivity contribution in [3.63, 3.8) is 0 Å². The van der Waals surface area contributed by atoms with E-state index in [-0.39, 0.29) is 15.3 Å². The lowest BCUT2D eigenvalue weighted by Crippen LogP contribution is -1.87. The minimum absolute atomic E-state index is 0.117. The Bertz CT molecular complexity index is 134. The summed E-state index contributed by atoms with van der Waals surface area (Å²) in [7, 11) is 0. The third-order valence-electron chi connectivity index (χ3n) is 0.475. The molecule has 46 valence electrons. The van der Waals surface area contributed by atoms with Gasteiger partial charge in [-0.15, -0.1) is 0 Å². The molecule has 0 spiro atoms. The molecule has 0 saturated carbocycles. The predicted molar refractivity (Wildman–Crippen MR) is 35.3 cm³/mol. The fraction of sp³-hybridized carbons (Fsp3) is 0.250. The summed E-state index contributed by atoms with van der Waals surface area (Å²) in [5, 5.41) is -0.117. The van der Waals surface area contributed by atoms with Gasteiger partial charge < -0.3 is 0 Å². The van der Waals surface area contributed by atoms with Gasteiger partial charge in [0.15, 0.2) is 5.78 Å². The molecule has 1 nitrogen and oxygen atoms in total. The third kappa shape index (κ3) is 2.55. The molecular weight excluding hydrogens is 170 g/mol. The van der Waals surface area contributed by atoms with E-state index in [0.29, 0.717) is 0 Å². The van der Waals surface area contributed by atoms with Crippen LogP contribution in [0.4, 0.5) is 0 Å². The normalized spacial score (nSPS) is 8.50. The van der Waals surface area contributed by atoms with Crippen molar-refractivity contribution < 1.29 is 4.79 Å². The van der Waals surface area contributed by atoms with Gasteiger partial charge in [-0.25, -0.2) is 0 Å². The number of carbonyl (C=O) groups is 1. The number of Topliss-reactive ketones (excluding diaryl/α,β-unsaturated/α-hetero) is 1. The summed E-state index contributed by atoms with van der Waals surface area (Å²) in [6, 6.07) is 0. The standard InChI is InChI=1S/C4H3Cl3O/c1-2(8)3(5)4(6)7/h1H3. The minimum atomic E-state index is -0.327. The molecule has 0 aliphatic rings. The molecule has 0 unspecified atom stereocenters. The van der Waals surface area contributed by atoms with Gasteiger partial charge in [-0.1, -0.05) is 34.8 Å². The molecule has 8 heavy (non-hydrogen) atoms. The van der Waals surface area contributed by atoms with Gasteiger partial charge in [-0.3, -0.25) is 4.79 Å². The first-order valence-electron chi connectivity index (χ1n) is 1.77. The van der Waals surface area contributed by atoms with E-state index < -0.39 is 0 Å². The Balaban J connectivity index is 4.23. The van der Waals surface area contributed by atoms with E-state index >= 15 is 0 Å². The van der Waals surface area contributed by atoms with Gasteiger partial charge >= 0.3 is 0 Å². The van der Waals surface area contributed by atoms with Crippen LogP contribution < -0.4 is 0 Å². The van der Waals surface area contributed by atoms with Crippen molar-refractivity contribution in [2.24, 2.45) is 0 Å². The highest BCUT2D eigenvalue weighted by atomic mass is 35.5. The maximum absolute atomic E-state index is 10.2. The first-order chi connectivity index (χ1) is 3.55. The van der Waals surface area contributed by atoms with Crippen LogP contribution in [0, 0.1) is 0 Å². The van der Waals surface area contributed by atoms with Crippen molar-refractivity contribution in [1.29, 1.82) is 0 Å². The lowest BCUT2D eigenvalue weighted by atomic mass is 10.4. The second kappa shape index (κ2) is 3.33. The van der Waals surface area contributed by atoms with Gasteiger partial charge in [0.1, 0.15) is 9.52 Å². The van der Waals surface area contributed by atoms with Gasteiger partial charge in [0.25, 0.3) is 0 Å². The summed E-state index contributed by atoms with van der Waals surface area (Å²) in [5.74, 6) is -0.327. The number of carbonyl (C=O) groups excluding carboxylic acids is 1. The molecule has 0 aliphatic carbocycles. The Morgan fingerprint density at radius 2 is 1.62 bits per heavy atom. The van der Waals surface area contributed by atoms with Crippen LogP contribution in [0.3, 0.4) is 0 Å². The van der Waals surface area contributed by atoms with E-state index in [1.54, 1.807) is 0 Å². The summed E-state index contributed by atoms with van der Waals surface area (Å²) in [5.41, 5.74) is 0. The summed E-state index contributed by atoms with van der Waals surface area (Å²) in [4.78, 5) is 10.2. The van der Waals surface area contributed by atoms with Gasteiger partial charge in [0, 0.05) is 6.92 Å².